The highest BCUT2D eigenvalue weighted by atomic mass is 19.1. The molecule has 1 fully saturated rings. The smallest absolute Gasteiger partial charge is 0.250 e. The number of rotatable bonds is 2. The van der Waals surface area contributed by atoms with Crippen LogP contribution in [0.4, 0.5) is 4.39 Å². The first-order valence-electron chi connectivity index (χ1n) is 5.53. The Hall–Kier alpha value is -1.39. The molecule has 2 aliphatic rings. The molecule has 0 spiro atoms. The summed E-state index contributed by atoms with van der Waals surface area (Å²) in [6.45, 7) is -0.0101. The maximum Gasteiger partial charge on any atom is 0.250 e. The van der Waals surface area contributed by atoms with E-state index in [0.29, 0.717) is 5.57 Å². The molecule has 5 heteroatoms. The van der Waals surface area contributed by atoms with Crippen LogP contribution in [0.3, 0.4) is 0 Å². The summed E-state index contributed by atoms with van der Waals surface area (Å²) >= 11 is 0. The molecule has 16 heavy (non-hydrogen) atoms. The minimum atomic E-state index is -1.14. The highest BCUT2D eigenvalue weighted by molar-refractivity contribution is 5.97. The SMILES string of the molecule is NC(=O)[C@@H]1C[C@@H](F)CN1C(=O)C1=CCCC1. The van der Waals surface area contributed by atoms with Gasteiger partial charge in [-0.15, -0.1) is 0 Å². The molecule has 4 nitrogen and oxygen atoms in total. The number of amides is 2. The monoisotopic (exact) mass is 226 g/mol. The number of carbonyl (C=O) groups excluding carboxylic acids is 2. The Morgan fingerprint density at radius 2 is 2.25 bits per heavy atom. The van der Waals surface area contributed by atoms with E-state index in [1.807, 2.05) is 6.08 Å². The molecule has 0 aromatic carbocycles. The molecule has 2 rings (SSSR count). The molecule has 1 saturated heterocycles. The average Bonchev–Trinajstić information content (AvgIpc) is 2.84. The lowest BCUT2D eigenvalue weighted by atomic mass is 10.1. The van der Waals surface area contributed by atoms with Gasteiger partial charge in [-0.2, -0.15) is 0 Å². The standard InChI is InChI=1S/C11H15FN2O2/c12-8-5-9(10(13)15)14(6-8)11(16)7-3-1-2-4-7/h3,8-9H,1-2,4-6H2,(H2,13,15)/t8-,9+/m1/s1. The minimum absolute atomic E-state index is 0.0101. The van der Waals surface area contributed by atoms with Crippen LogP contribution in [0.15, 0.2) is 11.6 Å². The van der Waals surface area contributed by atoms with Crippen molar-refractivity contribution in [1.29, 1.82) is 0 Å². The predicted octanol–water partition coefficient (Wildman–Crippen LogP) is 0.521. The number of alkyl halides is 1. The second kappa shape index (κ2) is 4.23. The van der Waals surface area contributed by atoms with E-state index >= 15 is 0 Å². The third kappa shape index (κ3) is 1.94. The summed E-state index contributed by atoms with van der Waals surface area (Å²) in [4.78, 5) is 24.4. The van der Waals surface area contributed by atoms with Gasteiger partial charge >= 0.3 is 0 Å². The van der Waals surface area contributed by atoms with Crippen molar-refractivity contribution in [2.75, 3.05) is 6.54 Å². The summed E-state index contributed by atoms with van der Waals surface area (Å²) < 4.78 is 13.2. The minimum Gasteiger partial charge on any atom is -0.368 e. The Bertz CT molecular complexity index is 354. The quantitative estimate of drug-likeness (QED) is 0.746. The largest absolute Gasteiger partial charge is 0.368 e. The van der Waals surface area contributed by atoms with Crippen molar-refractivity contribution in [3.63, 3.8) is 0 Å². The lowest BCUT2D eigenvalue weighted by Gasteiger charge is -2.22. The molecule has 1 aliphatic heterocycles. The van der Waals surface area contributed by atoms with Crippen molar-refractivity contribution in [3.8, 4) is 0 Å². The summed E-state index contributed by atoms with van der Waals surface area (Å²) in [5.74, 6) is -0.839. The zero-order valence-corrected chi connectivity index (χ0v) is 8.99. The maximum absolute atomic E-state index is 13.2. The van der Waals surface area contributed by atoms with E-state index in [0.717, 1.165) is 19.3 Å². The molecule has 1 heterocycles. The Balaban J connectivity index is 2.12. The summed E-state index contributed by atoms with van der Waals surface area (Å²) in [6, 6.07) is -0.774. The van der Waals surface area contributed by atoms with Crippen LogP contribution in [0.25, 0.3) is 0 Å². The summed E-state index contributed by atoms with van der Waals surface area (Å²) in [7, 11) is 0. The van der Waals surface area contributed by atoms with E-state index < -0.39 is 18.1 Å². The fourth-order valence-electron chi connectivity index (χ4n) is 2.33. The molecule has 88 valence electrons. The number of allylic oxidation sites excluding steroid dienone is 1. The van der Waals surface area contributed by atoms with Crippen molar-refractivity contribution in [2.45, 2.75) is 37.9 Å². The fraction of sp³-hybridized carbons (Fsp3) is 0.636. The maximum atomic E-state index is 13.2. The lowest BCUT2D eigenvalue weighted by Crippen LogP contribution is -2.44. The zero-order chi connectivity index (χ0) is 11.7. The average molecular weight is 226 g/mol. The van der Waals surface area contributed by atoms with E-state index in [4.69, 9.17) is 5.73 Å². The van der Waals surface area contributed by atoms with Gasteiger partial charge in [-0.25, -0.2) is 4.39 Å². The Morgan fingerprint density at radius 3 is 2.81 bits per heavy atom. The molecule has 2 N–H and O–H groups in total. The zero-order valence-electron chi connectivity index (χ0n) is 8.99. The van der Waals surface area contributed by atoms with Gasteiger partial charge < -0.3 is 10.6 Å². The van der Waals surface area contributed by atoms with Gasteiger partial charge in [-0.3, -0.25) is 9.59 Å². The van der Waals surface area contributed by atoms with Gasteiger partial charge in [0.15, 0.2) is 0 Å². The van der Waals surface area contributed by atoms with Crippen LogP contribution < -0.4 is 5.73 Å². The normalized spacial score (nSPS) is 29.3. The molecule has 0 radical (unpaired) electrons. The first-order valence-corrected chi connectivity index (χ1v) is 5.53. The number of hydrogen-bond donors (Lipinski definition) is 1. The van der Waals surface area contributed by atoms with E-state index in [1.165, 1.54) is 4.90 Å². The summed E-state index contributed by atoms with van der Waals surface area (Å²) in [5, 5.41) is 0. The number of carbonyl (C=O) groups is 2. The van der Waals surface area contributed by atoms with Crippen molar-refractivity contribution in [2.24, 2.45) is 5.73 Å². The van der Waals surface area contributed by atoms with Crippen LogP contribution in [-0.2, 0) is 9.59 Å². The molecule has 2 amide bonds. The third-order valence-corrected chi connectivity index (χ3v) is 3.16. The van der Waals surface area contributed by atoms with Crippen molar-refractivity contribution < 1.29 is 14.0 Å². The van der Waals surface area contributed by atoms with Gasteiger partial charge in [0, 0.05) is 12.0 Å². The van der Waals surface area contributed by atoms with Gasteiger partial charge in [0.05, 0.1) is 6.54 Å². The van der Waals surface area contributed by atoms with Gasteiger partial charge in [-0.05, 0) is 19.3 Å². The number of nitrogens with two attached hydrogens (primary N) is 1. The van der Waals surface area contributed by atoms with Gasteiger partial charge in [0.25, 0.3) is 0 Å². The number of primary amides is 1. The van der Waals surface area contributed by atoms with E-state index in [-0.39, 0.29) is 18.9 Å². The summed E-state index contributed by atoms with van der Waals surface area (Å²) in [6.07, 6.45) is 3.33. The first-order chi connectivity index (χ1) is 7.59. The second-order valence-electron chi connectivity index (χ2n) is 4.33. The molecule has 0 unspecified atom stereocenters. The molecule has 1 aliphatic carbocycles. The molecular weight excluding hydrogens is 211 g/mol. The topological polar surface area (TPSA) is 63.4 Å². The van der Waals surface area contributed by atoms with Gasteiger partial charge in [-0.1, -0.05) is 6.08 Å². The summed E-state index contributed by atoms with van der Waals surface area (Å²) in [5.41, 5.74) is 5.86. The van der Waals surface area contributed by atoms with Crippen LogP contribution in [0.1, 0.15) is 25.7 Å². The Labute approximate surface area is 93.3 Å². The highest BCUT2D eigenvalue weighted by Crippen LogP contribution is 2.26. The number of nitrogens with zero attached hydrogens (tertiary/aromatic N) is 1. The van der Waals surface area contributed by atoms with Crippen molar-refractivity contribution in [1.82, 2.24) is 4.90 Å². The molecular formula is C11H15FN2O2. The van der Waals surface area contributed by atoms with Crippen LogP contribution >= 0.6 is 0 Å². The van der Waals surface area contributed by atoms with Gasteiger partial charge in [0.1, 0.15) is 12.2 Å². The number of hydrogen-bond acceptors (Lipinski definition) is 2. The molecule has 0 aromatic heterocycles. The fourth-order valence-corrected chi connectivity index (χ4v) is 2.33. The highest BCUT2D eigenvalue weighted by Gasteiger charge is 2.39. The predicted molar refractivity (Wildman–Crippen MR) is 56.1 cm³/mol. The lowest BCUT2D eigenvalue weighted by molar-refractivity contribution is -0.134. The Kier molecular flexibility index (Phi) is 2.94. The van der Waals surface area contributed by atoms with E-state index in [9.17, 15) is 14.0 Å². The molecule has 0 saturated carbocycles. The molecule has 0 bridgehead atoms. The van der Waals surface area contributed by atoms with Crippen molar-refractivity contribution >= 4 is 11.8 Å². The molecule has 2 atom stereocenters. The van der Waals surface area contributed by atoms with E-state index in [2.05, 4.69) is 0 Å². The van der Waals surface area contributed by atoms with E-state index in [1.54, 1.807) is 0 Å². The first kappa shape index (κ1) is 11.1. The van der Waals surface area contributed by atoms with Gasteiger partial charge in [0.2, 0.25) is 11.8 Å². The van der Waals surface area contributed by atoms with Crippen molar-refractivity contribution in [3.05, 3.63) is 11.6 Å². The third-order valence-electron chi connectivity index (χ3n) is 3.16. The number of halogens is 1. The molecule has 0 aromatic rings. The van der Waals surface area contributed by atoms with Crippen LogP contribution in [0.2, 0.25) is 0 Å². The second-order valence-corrected chi connectivity index (χ2v) is 4.33. The van der Waals surface area contributed by atoms with Crippen LogP contribution in [-0.4, -0.2) is 35.5 Å². The van der Waals surface area contributed by atoms with Crippen LogP contribution in [0, 0.1) is 0 Å². The Morgan fingerprint density at radius 1 is 1.50 bits per heavy atom. The number of likely N-dealkylation sites (tertiary alicyclic amines) is 1. The van der Waals surface area contributed by atoms with Crippen LogP contribution in [0.5, 0.6) is 0 Å².